The van der Waals surface area contributed by atoms with Crippen LogP contribution in [-0.4, -0.2) is 73.7 Å². The van der Waals surface area contributed by atoms with E-state index in [2.05, 4.69) is 4.74 Å². The number of morpholine rings is 1. The highest BCUT2D eigenvalue weighted by Gasteiger charge is 2.54. The Labute approximate surface area is 243 Å². The Bertz CT molecular complexity index is 1640. The lowest BCUT2D eigenvalue weighted by molar-refractivity contribution is -0.245. The number of thioether (sulfide) groups is 1. The standard InChI is InChI=1S/C29H26FN3O8S/c1-37-28(36)40-16-39-26-21(34)9-10-32-25(26)27(35)31-13-29(14-38-15-29)41-11-23(31)33(32)24-17-6-4-7-20(30)19(17)12-42-22-8-3-2-5-18(22)24/h2-10,23-24H,11-16H2,1H3/t23-,24+/m1/s1. The summed E-state index contributed by atoms with van der Waals surface area (Å²) in [7, 11) is 1.14. The molecule has 3 aromatic rings. The zero-order valence-electron chi connectivity index (χ0n) is 22.5. The molecule has 0 saturated carbocycles. The number of nitrogens with zero attached hydrogens (tertiary/aromatic N) is 3. The van der Waals surface area contributed by atoms with Crippen LogP contribution in [0.15, 0.2) is 64.4 Å². The highest BCUT2D eigenvalue weighted by atomic mass is 32.2. The molecule has 4 aliphatic rings. The second-order valence-corrected chi connectivity index (χ2v) is 11.4. The number of methoxy groups -OCH3 is 1. The van der Waals surface area contributed by atoms with Gasteiger partial charge in [-0.1, -0.05) is 30.3 Å². The molecule has 2 saturated heterocycles. The lowest BCUT2D eigenvalue weighted by Gasteiger charge is -2.57. The van der Waals surface area contributed by atoms with Gasteiger partial charge in [0, 0.05) is 28.5 Å². The molecule has 11 nitrogen and oxygen atoms in total. The fourth-order valence-corrected chi connectivity index (χ4v) is 7.09. The molecule has 13 heteroatoms. The molecule has 0 N–H and O–H groups in total. The van der Waals surface area contributed by atoms with Crippen molar-refractivity contribution in [2.45, 2.75) is 28.5 Å². The highest BCUT2D eigenvalue weighted by molar-refractivity contribution is 7.98. The summed E-state index contributed by atoms with van der Waals surface area (Å²) in [6.07, 6.45) is -0.105. The van der Waals surface area contributed by atoms with Crippen molar-refractivity contribution in [2.75, 3.05) is 45.3 Å². The van der Waals surface area contributed by atoms with Crippen LogP contribution in [0, 0.1) is 5.82 Å². The molecule has 5 heterocycles. The van der Waals surface area contributed by atoms with Crippen LogP contribution in [0.25, 0.3) is 0 Å². The maximum absolute atomic E-state index is 15.4. The molecule has 2 fully saturated rings. The van der Waals surface area contributed by atoms with Gasteiger partial charge >= 0.3 is 6.16 Å². The number of hydrogen-bond donors (Lipinski definition) is 0. The largest absolute Gasteiger partial charge is 0.510 e. The number of pyridine rings is 1. The van der Waals surface area contributed by atoms with Crippen LogP contribution in [0.4, 0.5) is 9.18 Å². The SMILES string of the molecule is COC(=O)OCOc1c2n(ccc1=O)N([C@@H]1c3ccccc3SCc3c(F)cccc31)[C@@H]1COC3(COC3)CN1C2=O. The summed E-state index contributed by atoms with van der Waals surface area (Å²) in [6, 6.07) is 13.6. The van der Waals surface area contributed by atoms with Crippen LogP contribution in [0.3, 0.4) is 0 Å². The van der Waals surface area contributed by atoms with Crippen molar-refractivity contribution in [2.24, 2.45) is 0 Å². The van der Waals surface area contributed by atoms with E-state index in [-0.39, 0.29) is 30.4 Å². The number of aromatic nitrogens is 1. The Balaban J connectivity index is 1.43. The number of ether oxygens (including phenoxy) is 5. The predicted molar refractivity (Wildman–Crippen MR) is 146 cm³/mol. The summed E-state index contributed by atoms with van der Waals surface area (Å²) in [5.74, 6) is -0.634. The summed E-state index contributed by atoms with van der Waals surface area (Å²) in [5, 5.41) is 1.94. The first-order valence-electron chi connectivity index (χ1n) is 13.3. The summed E-state index contributed by atoms with van der Waals surface area (Å²) < 4.78 is 43.7. The monoisotopic (exact) mass is 595 g/mol. The van der Waals surface area contributed by atoms with Gasteiger partial charge in [-0.3, -0.25) is 19.3 Å². The van der Waals surface area contributed by atoms with Gasteiger partial charge in [-0.2, -0.15) is 0 Å². The minimum atomic E-state index is -1.00. The quantitative estimate of drug-likeness (QED) is 0.330. The fraction of sp³-hybridized carbons (Fsp3) is 0.345. The third kappa shape index (κ3) is 4.22. The van der Waals surface area contributed by atoms with E-state index in [0.29, 0.717) is 24.5 Å². The summed E-state index contributed by atoms with van der Waals surface area (Å²) in [4.78, 5) is 41.5. The van der Waals surface area contributed by atoms with E-state index in [1.54, 1.807) is 27.4 Å². The van der Waals surface area contributed by atoms with E-state index in [0.717, 1.165) is 23.1 Å². The number of fused-ring (bicyclic) bond motifs is 4. The number of carbonyl (C=O) groups is 2. The summed E-state index contributed by atoms with van der Waals surface area (Å²) in [5.41, 5.74) is 0.922. The Kier molecular flexibility index (Phi) is 6.59. The van der Waals surface area contributed by atoms with Crippen LogP contribution in [0.2, 0.25) is 0 Å². The van der Waals surface area contributed by atoms with E-state index in [4.69, 9.17) is 18.9 Å². The van der Waals surface area contributed by atoms with Crippen molar-refractivity contribution in [1.29, 1.82) is 0 Å². The van der Waals surface area contributed by atoms with Crippen LogP contribution in [-0.2, 0) is 24.7 Å². The van der Waals surface area contributed by atoms with Gasteiger partial charge in [0.15, 0.2) is 5.69 Å². The zero-order chi connectivity index (χ0) is 29.0. The molecule has 42 heavy (non-hydrogen) atoms. The molecular weight excluding hydrogens is 569 g/mol. The molecule has 1 aromatic heterocycles. The smallest absolute Gasteiger partial charge is 0.451 e. The van der Waals surface area contributed by atoms with E-state index in [9.17, 15) is 14.4 Å². The molecular formula is C29H26FN3O8S. The Hall–Kier alpha value is -4.07. The summed E-state index contributed by atoms with van der Waals surface area (Å²) >= 11 is 1.54. The lowest BCUT2D eigenvalue weighted by Crippen LogP contribution is -2.73. The Morgan fingerprint density at radius 3 is 2.71 bits per heavy atom. The topological polar surface area (TPSA) is 109 Å². The molecule has 4 aliphatic heterocycles. The van der Waals surface area contributed by atoms with Crippen molar-refractivity contribution < 1.29 is 37.7 Å². The predicted octanol–water partition coefficient (Wildman–Crippen LogP) is 3.02. The molecule has 2 aromatic carbocycles. The normalized spacial score (nSPS) is 21.7. The molecule has 0 bridgehead atoms. The maximum Gasteiger partial charge on any atom is 0.510 e. The molecule has 1 spiro atoms. The second-order valence-electron chi connectivity index (χ2n) is 10.4. The van der Waals surface area contributed by atoms with Crippen LogP contribution >= 0.6 is 11.8 Å². The van der Waals surface area contributed by atoms with Crippen molar-refractivity contribution in [1.82, 2.24) is 9.58 Å². The number of benzene rings is 2. The molecule has 2 atom stereocenters. The van der Waals surface area contributed by atoms with Gasteiger partial charge < -0.3 is 28.6 Å². The number of rotatable bonds is 4. The third-order valence-electron chi connectivity index (χ3n) is 7.99. The van der Waals surface area contributed by atoms with E-state index < -0.39 is 42.1 Å². The number of amides is 1. The van der Waals surface area contributed by atoms with Gasteiger partial charge in [0.25, 0.3) is 5.91 Å². The average Bonchev–Trinajstić information content (AvgIpc) is 3.15. The van der Waals surface area contributed by atoms with Crippen LogP contribution in [0.1, 0.15) is 33.2 Å². The number of carbonyl (C=O) groups excluding carboxylic acids is 2. The lowest BCUT2D eigenvalue weighted by atomic mass is 9.92. The van der Waals surface area contributed by atoms with Gasteiger partial charge in [0.1, 0.15) is 17.6 Å². The van der Waals surface area contributed by atoms with Crippen molar-refractivity contribution in [3.63, 3.8) is 0 Å². The van der Waals surface area contributed by atoms with E-state index >= 15 is 4.39 Å². The molecule has 218 valence electrons. The van der Waals surface area contributed by atoms with Gasteiger partial charge in [0.2, 0.25) is 18.0 Å². The molecule has 0 aliphatic carbocycles. The van der Waals surface area contributed by atoms with E-state index in [1.807, 2.05) is 35.3 Å². The number of halogens is 1. The first kappa shape index (κ1) is 26.8. The minimum Gasteiger partial charge on any atom is -0.451 e. The molecule has 0 unspecified atom stereocenters. The van der Waals surface area contributed by atoms with Crippen LogP contribution in [0.5, 0.6) is 5.75 Å². The van der Waals surface area contributed by atoms with Crippen molar-refractivity contribution in [3.8, 4) is 5.75 Å². The minimum absolute atomic E-state index is 0.0446. The molecule has 1 amide bonds. The first-order chi connectivity index (χ1) is 20.4. The van der Waals surface area contributed by atoms with Gasteiger partial charge in [-0.25, -0.2) is 9.18 Å². The first-order valence-corrected chi connectivity index (χ1v) is 14.3. The average molecular weight is 596 g/mol. The molecule has 7 rings (SSSR count). The fourth-order valence-electron chi connectivity index (χ4n) is 5.97. The number of hydrogen-bond acceptors (Lipinski definition) is 10. The highest BCUT2D eigenvalue weighted by Crippen LogP contribution is 2.45. The molecule has 0 radical (unpaired) electrons. The Morgan fingerprint density at radius 1 is 1.12 bits per heavy atom. The van der Waals surface area contributed by atoms with Crippen LogP contribution < -0.4 is 15.2 Å². The Morgan fingerprint density at radius 2 is 1.93 bits per heavy atom. The van der Waals surface area contributed by atoms with Crippen molar-refractivity contribution in [3.05, 3.63) is 93.2 Å². The zero-order valence-corrected chi connectivity index (χ0v) is 23.3. The van der Waals surface area contributed by atoms with Crippen molar-refractivity contribution >= 4 is 23.8 Å². The second kappa shape index (κ2) is 10.3. The van der Waals surface area contributed by atoms with Gasteiger partial charge in [-0.15, -0.1) is 11.8 Å². The summed E-state index contributed by atoms with van der Waals surface area (Å²) in [6.45, 7) is 0.385. The van der Waals surface area contributed by atoms with Gasteiger partial charge in [0.05, 0.1) is 39.5 Å². The van der Waals surface area contributed by atoms with Gasteiger partial charge in [-0.05, 0) is 23.3 Å². The van der Waals surface area contributed by atoms with E-state index in [1.165, 1.54) is 18.3 Å². The maximum atomic E-state index is 15.4. The third-order valence-corrected chi connectivity index (χ3v) is 9.10.